The van der Waals surface area contributed by atoms with Crippen LogP contribution in [0.3, 0.4) is 0 Å². The molecule has 1 unspecified atom stereocenters. The normalized spacial score (nSPS) is 15.8. The summed E-state index contributed by atoms with van der Waals surface area (Å²) in [5.74, 6) is 1.10. The van der Waals surface area contributed by atoms with E-state index in [1.807, 2.05) is 39.8 Å². The number of rotatable bonds is 16. The van der Waals surface area contributed by atoms with Gasteiger partial charge in [-0.2, -0.15) is 0 Å². The number of esters is 2. The van der Waals surface area contributed by atoms with Crippen LogP contribution in [0, 0.1) is 0 Å². The van der Waals surface area contributed by atoms with Gasteiger partial charge in [0.2, 0.25) is 0 Å². The fourth-order valence-corrected chi connectivity index (χ4v) is 6.39. The molecule has 0 bridgehead atoms. The lowest BCUT2D eigenvalue weighted by atomic mass is 10.1. The van der Waals surface area contributed by atoms with Gasteiger partial charge in [-0.05, 0) is 63.4 Å². The van der Waals surface area contributed by atoms with E-state index in [9.17, 15) is 9.59 Å². The molecule has 0 saturated carbocycles. The number of hydrogen-bond acceptors (Lipinski definition) is 6. The molecule has 0 N–H and O–H groups in total. The van der Waals surface area contributed by atoms with Crippen molar-refractivity contribution in [1.82, 2.24) is 0 Å². The molecule has 1 fully saturated rings. The topological polar surface area (TPSA) is 52.6 Å². The quantitative estimate of drug-likeness (QED) is 0.165. The lowest BCUT2D eigenvalue weighted by Gasteiger charge is -2.07. The first-order chi connectivity index (χ1) is 14.7. The van der Waals surface area contributed by atoms with Gasteiger partial charge < -0.3 is 9.47 Å². The van der Waals surface area contributed by atoms with Gasteiger partial charge in [-0.3, -0.25) is 9.59 Å². The Labute approximate surface area is 189 Å². The molecule has 168 valence electrons. The van der Waals surface area contributed by atoms with Crippen LogP contribution in [0.25, 0.3) is 0 Å². The van der Waals surface area contributed by atoms with Crippen molar-refractivity contribution in [3.05, 3.63) is 35.9 Å². The molecular formula is C24H36O4S2. The molecule has 2 rings (SSSR count). The van der Waals surface area contributed by atoms with Gasteiger partial charge in [0.1, 0.15) is 0 Å². The molecule has 1 atom stereocenters. The average Bonchev–Trinajstić information content (AvgIpc) is 3.27. The predicted octanol–water partition coefficient (Wildman–Crippen LogP) is 6.37. The maximum atomic E-state index is 11.7. The first-order valence-electron chi connectivity index (χ1n) is 11.4. The minimum Gasteiger partial charge on any atom is -0.466 e. The SMILES string of the molecule is O=C(CCCCC1CCSS1)OCCCCCCOC(=O)CCCc1ccccc1. The predicted molar refractivity (Wildman–Crippen MR) is 127 cm³/mol. The highest BCUT2D eigenvalue weighted by atomic mass is 33.1. The first-order valence-corrected chi connectivity index (χ1v) is 13.8. The van der Waals surface area contributed by atoms with E-state index in [4.69, 9.17) is 9.47 Å². The highest BCUT2D eigenvalue weighted by Gasteiger charge is 2.15. The molecule has 1 aliphatic heterocycles. The van der Waals surface area contributed by atoms with E-state index in [0.717, 1.165) is 56.6 Å². The molecular weight excluding hydrogens is 416 g/mol. The third-order valence-electron chi connectivity index (χ3n) is 5.14. The largest absolute Gasteiger partial charge is 0.466 e. The summed E-state index contributed by atoms with van der Waals surface area (Å²) < 4.78 is 10.6. The molecule has 1 heterocycles. The number of ether oxygens (including phenoxy) is 2. The molecule has 0 spiro atoms. The maximum absolute atomic E-state index is 11.7. The van der Waals surface area contributed by atoms with Crippen molar-refractivity contribution in [2.45, 2.75) is 82.3 Å². The molecule has 0 aromatic heterocycles. The van der Waals surface area contributed by atoms with Crippen LogP contribution in [0.4, 0.5) is 0 Å². The molecule has 1 saturated heterocycles. The molecule has 4 nitrogen and oxygen atoms in total. The van der Waals surface area contributed by atoms with Crippen molar-refractivity contribution < 1.29 is 19.1 Å². The molecule has 6 heteroatoms. The summed E-state index contributed by atoms with van der Waals surface area (Å²) in [6.07, 6.45) is 11.1. The molecule has 0 radical (unpaired) electrons. The fourth-order valence-electron chi connectivity index (χ4n) is 3.36. The van der Waals surface area contributed by atoms with Crippen molar-refractivity contribution in [3.8, 4) is 0 Å². The van der Waals surface area contributed by atoms with Crippen molar-refractivity contribution in [2.75, 3.05) is 19.0 Å². The summed E-state index contributed by atoms with van der Waals surface area (Å²) >= 11 is 0. The Morgan fingerprint density at radius 3 is 2.13 bits per heavy atom. The second kappa shape index (κ2) is 16.5. The second-order valence-corrected chi connectivity index (χ2v) is 10.6. The average molecular weight is 453 g/mol. The molecule has 30 heavy (non-hydrogen) atoms. The smallest absolute Gasteiger partial charge is 0.305 e. The van der Waals surface area contributed by atoms with Crippen LogP contribution in [-0.4, -0.2) is 36.2 Å². The number of carbonyl (C=O) groups is 2. The standard InChI is InChI=1S/C24H36O4S2/c25-23(15-7-6-14-22-17-20-29-30-22)27-18-8-1-2-9-19-28-24(26)16-10-13-21-11-4-3-5-12-21/h3-5,11-12,22H,1-2,6-10,13-20H2. The van der Waals surface area contributed by atoms with Gasteiger partial charge in [-0.25, -0.2) is 0 Å². The van der Waals surface area contributed by atoms with Gasteiger partial charge in [0.15, 0.2) is 0 Å². The van der Waals surface area contributed by atoms with Crippen molar-refractivity contribution in [2.24, 2.45) is 0 Å². The van der Waals surface area contributed by atoms with Gasteiger partial charge in [0.05, 0.1) is 13.2 Å². The Balaban J connectivity index is 1.31. The molecule has 1 aromatic carbocycles. The van der Waals surface area contributed by atoms with E-state index in [0.29, 0.717) is 26.1 Å². The summed E-state index contributed by atoms with van der Waals surface area (Å²) in [7, 11) is 3.97. The second-order valence-electron chi connectivity index (χ2n) is 7.77. The maximum Gasteiger partial charge on any atom is 0.305 e. The zero-order chi connectivity index (χ0) is 21.3. The van der Waals surface area contributed by atoms with E-state index < -0.39 is 0 Å². The highest BCUT2D eigenvalue weighted by Crippen LogP contribution is 2.39. The van der Waals surface area contributed by atoms with Gasteiger partial charge in [0.25, 0.3) is 0 Å². The first kappa shape index (κ1) is 25.1. The van der Waals surface area contributed by atoms with Crippen LogP contribution in [0.1, 0.15) is 76.2 Å². The molecule has 1 aromatic rings. The summed E-state index contributed by atoms with van der Waals surface area (Å²) in [5.41, 5.74) is 1.26. The van der Waals surface area contributed by atoms with E-state index in [2.05, 4.69) is 12.1 Å². The minimum atomic E-state index is -0.106. The van der Waals surface area contributed by atoms with E-state index in [-0.39, 0.29) is 11.9 Å². The van der Waals surface area contributed by atoms with Crippen molar-refractivity contribution in [3.63, 3.8) is 0 Å². The van der Waals surface area contributed by atoms with Crippen molar-refractivity contribution in [1.29, 1.82) is 0 Å². The molecule has 1 aliphatic rings. The number of aryl methyl sites for hydroxylation is 1. The third kappa shape index (κ3) is 12.5. The lowest BCUT2D eigenvalue weighted by molar-refractivity contribution is -0.145. The van der Waals surface area contributed by atoms with Crippen LogP contribution in [-0.2, 0) is 25.5 Å². The monoisotopic (exact) mass is 452 g/mol. The van der Waals surface area contributed by atoms with Gasteiger partial charge >= 0.3 is 11.9 Å². The van der Waals surface area contributed by atoms with Gasteiger partial charge in [-0.1, -0.05) is 58.3 Å². The summed E-state index contributed by atoms with van der Waals surface area (Å²) in [6, 6.07) is 10.2. The summed E-state index contributed by atoms with van der Waals surface area (Å²) in [6.45, 7) is 0.995. The third-order valence-corrected chi connectivity index (χ3v) is 8.15. The van der Waals surface area contributed by atoms with Gasteiger partial charge in [-0.15, -0.1) is 0 Å². The van der Waals surface area contributed by atoms with E-state index >= 15 is 0 Å². The zero-order valence-electron chi connectivity index (χ0n) is 18.0. The Hall–Kier alpha value is -1.14. The summed E-state index contributed by atoms with van der Waals surface area (Å²) in [5, 5.41) is 0.791. The zero-order valence-corrected chi connectivity index (χ0v) is 19.7. The Kier molecular flexibility index (Phi) is 13.9. The van der Waals surface area contributed by atoms with Crippen molar-refractivity contribution >= 4 is 33.5 Å². The van der Waals surface area contributed by atoms with Crippen LogP contribution in [0.15, 0.2) is 30.3 Å². The molecule has 0 aliphatic carbocycles. The van der Waals surface area contributed by atoms with E-state index in [1.54, 1.807) is 0 Å². The Morgan fingerprint density at radius 2 is 1.50 bits per heavy atom. The Bertz CT molecular complexity index is 588. The fraction of sp³-hybridized carbons (Fsp3) is 0.667. The van der Waals surface area contributed by atoms with Crippen LogP contribution in [0.2, 0.25) is 0 Å². The van der Waals surface area contributed by atoms with Crippen LogP contribution >= 0.6 is 21.6 Å². The van der Waals surface area contributed by atoms with E-state index in [1.165, 1.54) is 24.2 Å². The number of benzene rings is 1. The number of hydrogen-bond donors (Lipinski definition) is 0. The lowest BCUT2D eigenvalue weighted by Crippen LogP contribution is -2.07. The highest BCUT2D eigenvalue weighted by molar-refractivity contribution is 8.77. The van der Waals surface area contributed by atoms with Crippen LogP contribution in [0.5, 0.6) is 0 Å². The Morgan fingerprint density at radius 1 is 0.833 bits per heavy atom. The molecule has 0 amide bonds. The van der Waals surface area contributed by atoms with Crippen LogP contribution < -0.4 is 0 Å². The number of unbranched alkanes of at least 4 members (excludes halogenated alkanes) is 4. The number of carbonyl (C=O) groups excluding carboxylic acids is 2. The summed E-state index contributed by atoms with van der Waals surface area (Å²) in [4.78, 5) is 23.5. The van der Waals surface area contributed by atoms with Gasteiger partial charge in [0, 0.05) is 23.8 Å². The minimum absolute atomic E-state index is 0.0621.